The highest BCUT2D eigenvalue weighted by Crippen LogP contribution is 1.96. The summed E-state index contributed by atoms with van der Waals surface area (Å²) in [7, 11) is 1.56. The molecular weight excluding hydrogens is 158 g/mol. The molecule has 0 aromatic rings. The standard InChI is InChI=1S/C8H13NO3/c1-3-4-6(9-2)5-7(10)8(11)12/h3-4,7,10H,5H2,1-2H3,(H,11,12). The van der Waals surface area contributed by atoms with Gasteiger partial charge in [0.1, 0.15) is 0 Å². The smallest absolute Gasteiger partial charge is 0.332 e. The summed E-state index contributed by atoms with van der Waals surface area (Å²) in [6.07, 6.45) is 2.11. The van der Waals surface area contributed by atoms with E-state index in [-0.39, 0.29) is 6.42 Å². The molecule has 68 valence electrons. The zero-order valence-corrected chi connectivity index (χ0v) is 7.19. The van der Waals surface area contributed by atoms with Gasteiger partial charge in [-0.1, -0.05) is 6.08 Å². The molecule has 12 heavy (non-hydrogen) atoms. The van der Waals surface area contributed by atoms with Gasteiger partial charge in [-0.3, -0.25) is 4.99 Å². The molecule has 4 nitrogen and oxygen atoms in total. The largest absolute Gasteiger partial charge is 0.479 e. The van der Waals surface area contributed by atoms with E-state index in [4.69, 9.17) is 10.2 Å². The van der Waals surface area contributed by atoms with Crippen LogP contribution in [0.5, 0.6) is 0 Å². The summed E-state index contributed by atoms with van der Waals surface area (Å²) < 4.78 is 0. The summed E-state index contributed by atoms with van der Waals surface area (Å²) in [5.74, 6) is -1.22. The van der Waals surface area contributed by atoms with Crippen LogP contribution in [0.3, 0.4) is 0 Å². The van der Waals surface area contributed by atoms with Crippen LogP contribution in [0.1, 0.15) is 13.3 Å². The minimum Gasteiger partial charge on any atom is -0.479 e. The maximum absolute atomic E-state index is 10.2. The van der Waals surface area contributed by atoms with Crippen LogP contribution in [0.2, 0.25) is 0 Å². The van der Waals surface area contributed by atoms with Crippen molar-refractivity contribution >= 4 is 11.7 Å². The highest BCUT2D eigenvalue weighted by atomic mass is 16.4. The highest BCUT2D eigenvalue weighted by Gasteiger charge is 2.14. The fourth-order valence-corrected chi connectivity index (χ4v) is 0.712. The van der Waals surface area contributed by atoms with Gasteiger partial charge in [0.2, 0.25) is 0 Å². The van der Waals surface area contributed by atoms with Crippen LogP contribution < -0.4 is 0 Å². The molecular formula is C8H13NO3. The monoisotopic (exact) mass is 171 g/mol. The van der Waals surface area contributed by atoms with Gasteiger partial charge in [-0.2, -0.15) is 0 Å². The Kier molecular flexibility index (Phi) is 4.96. The fraction of sp³-hybridized carbons (Fsp3) is 0.500. The van der Waals surface area contributed by atoms with E-state index in [1.807, 2.05) is 0 Å². The minimum atomic E-state index is -1.36. The molecule has 0 aromatic carbocycles. The predicted octanol–water partition coefficient (Wildman–Crippen LogP) is 0.469. The number of aliphatic carboxylic acids is 1. The average Bonchev–Trinajstić information content (AvgIpc) is 2.03. The van der Waals surface area contributed by atoms with E-state index >= 15 is 0 Å². The highest BCUT2D eigenvalue weighted by molar-refractivity contribution is 5.97. The third kappa shape index (κ3) is 3.88. The van der Waals surface area contributed by atoms with Crippen LogP contribution in [-0.2, 0) is 4.79 Å². The van der Waals surface area contributed by atoms with E-state index in [1.54, 1.807) is 26.1 Å². The number of carboxylic acids is 1. The van der Waals surface area contributed by atoms with Crippen molar-refractivity contribution in [3.05, 3.63) is 12.2 Å². The van der Waals surface area contributed by atoms with E-state index in [9.17, 15) is 4.79 Å². The summed E-state index contributed by atoms with van der Waals surface area (Å²) in [5.41, 5.74) is 0.576. The minimum absolute atomic E-state index is 0.0518. The lowest BCUT2D eigenvalue weighted by Gasteiger charge is -2.03. The number of hydrogen-bond donors (Lipinski definition) is 2. The Balaban J connectivity index is 4.13. The number of carboxylic acid groups (broad SMARTS) is 1. The lowest BCUT2D eigenvalue weighted by molar-refractivity contribution is -0.146. The summed E-state index contributed by atoms with van der Waals surface area (Å²) in [6, 6.07) is 0. The zero-order valence-electron chi connectivity index (χ0n) is 7.19. The summed E-state index contributed by atoms with van der Waals surface area (Å²) in [4.78, 5) is 14.0. The van der Waals surface area contributed by atoms with Gasteiger partial charge < -0.3 is 10.2 Å². The quantitative estimate of drug-likeness (QED) is 0.604. The molecule has 0 aliphatic carbocycles. The molecule has 0 spiro atoms. The Labute approximate surface area is 71.2 Å². The van der Waals surface area contributed by atoms with Crippen molar-refractivity contribution in [3.8, 4) is 0 Å². The SMILES string of the molecule is CC=CC(CC(O)C(=O)O)=NC. The molecule has 0 saturated carbocycles. The molecule has 0 aliphatic heterocycles. The molecule has 1 atom stereocenters. The number of nitrogens with zero attached hydrogens (tertiary/aromatic N) is 1. The van der Waals surface area contributed by atoms with Crippen molar-refractivity contribution in [2.45, 2.75) is 19.4 Å². The third-order valence-electron chi connectivity index (χ3n) is 1.33. The lowest BCUT2D eigenvalue weighted by Crippen LogP contribution is -2.22. The van der Waals surface area contributed by atoms with Crippen LogP contribution in [0.4, 0.5) is 0 Å². The number of aliphatic hydroxyl groups is 1. The predicted molar refractivity (Wildman–Crippen MR) is 46.4 cm³/mol. The average molecular weight is 171 g/mol. The molecule has 0 bridgehead atoms. The van der Waals surface area contributed by atoms with Crippen LogP contribution in [0.25, 0.3) is 0 Å². The third-order valence-corrected chi connectivity index (χ3v) is 1.33. The van der Waals surface area contributed by atoms with E-state index < -0.39 is 12.1 Å². The van der Waals surface area contributed by atoms with Crippen LogP contribution >= 0.6 is 0 Å². The molecule has 0 radical (unpaired) electrons. The molecule has 4 heteroatoms. The van der Waals surface area contributed by atoms with Gasteiger partial charge in [-0.25, -0.2) is 4.79 Å². The number of aliphatic hydroxyl groups excluding tert-OH is 1. The van der Waals surface area contributed by atoms with E-state index in [0.717, 1.165) is 0 Å². The van der Waals surface area contributed by atoms with Crippen molar-refractivity contribution < 1.29 is 15.0 Å². The van der Waals surface area contributed by atoms with Gasteiger partial charge in [0.15, 0.2) is 6.10 Å². The molecule has 0 rings (SSSR count). The van der Waals surface area contributed by atoms with Gasteiger partial charge in [-0.05, 0) is 13.0 Å². The number of aliphatic imine (C=N–C) groups is 1. The Bertz CT molecular complexity index is 208. The van der Waals surface area contributed by atoms with Crippen molar-refractivity contribution in [3.63, 3.8) is 0 Å². The van der Waals surface area contributed by atoms with Crippen molar-refractivity contribution in [1.29, 1.82) is 0 Å². The Morgan fingerprint density at radius 2 is 2.25 bits per heavy atom. The Morgan fingerprint density at radius 1 is 1.67 bits per heavy atom. The Hall–Kier alpha value is -1.16. The molecule has 0 aromatic heterocycles. The van der Waals surface area contributed by atoms with E-state index in [0.29, 0.717) is 5.71 Å². The number of hydrogen-bond acceptors (Lipinski definition) is 3. The summed E-state index contributed by atoms with van der Waals surface area (Å²) in [6.45, 7) is 1.80. The van der Waals surface area contributed by atoms with Crippen LogP contribution in [0, 0.1) is 0 Å². The van der Waals surface area contributed by atoms with Crippen LogP contribution in [-0.4, -0.2) is 35.0 Å². The fourth-order valence-electron chi connectivity index (χ4n) is 0.712. The van der Waals surface area contributed by atoms with Gasteiger partial charge >= 0.3 is 5.97 Å². The van der Waals surface area contributed by atoms with Crippen molar-refractivity contribution in [2.24, 2.45) is 4.99 Å². The molecule has 0 heterocycles. The van der Waals surface area contributed by atoms with Crippen molar-refractivity contribution in [2.75, 3.05) is 7.05 Å². The normalized spacial score (nSPS) is 15.1. The molecule has 1 unspecified atom stereocenters. The summed E-state index contributed by atoms with van der Waals surface area (Å²) in [5, 5.41) is 17.3. The maximum atomic E-state index is 10.2. The number of allylic oxidation sites excluding steroid dienone is 2. The number of rotatable bonds is 4. The second-order valence-electron chi connectivity index (χ2n) is 2.27. The van der Waals surface area contributed by atoms with Crippen molar-refractivity contribution in [1.82, 2.24) is 0 Å². The number of carbonyl (C=O) groups is 1. The zero-order chi connectivity index (χ0) is 9.56. The first-order valence-corrected chi connectivity index (χ1v) is 3.61. The van der Waals surface area contributed by atoms with Gasteiger partial charge in [0, 0.05) is 19.2 Å². The van der Waals surface area contributed by atoms with E-state index in [2.05, 4.69) is 4.99 Å². The molecule has 0 aliphatic rings. The van der Waals surface area contributed by atoms with Gasteiger partial charge in [-0.15, -0.1) is 0 Å². The second-order valence-corrected chi connectivity index (χ2v) is 2.27. The topological polar surface area (TPSA) is 69.9 Å². The molecule has 0 amide bonds. The molecule has 2 N–H and O–H groups in total. The summed E-state index contributed by atoms with van der Waals surface area (Å²) >= 11 is 0. The first-order valence-electron chi connectivity index (χ1n) is 3.61. The first-order chi connectivity index (χ1) is 5.61. The maximum Gasteiger partial charge on any atom is 0.332 e. The second kappa shape index (κ2) is 5.49. The first kappa shape index (κ1) is 10.8. The lowest BCUT2D eigenvalue weighted by atomic mass is 10.1. The Morgan fingerprint density at radius 3 is 2.58 bits per heavy atom. The van der Waals surface area contributed by atoms with Gasteiger partial charge in [0.25, 0.3) is 0 Å². The molecule has 0 saturated heterocycles. The molecule has 0 fully saturated rings. The van der Waals surface area contributed by atoms with Gasteiger partial charge in [0.05, 0.1) is 0 Å². The van der Waals surface area contributed by atoms with Crippen LogP contribution in [0.15, 0.2) is 17.1 Å². The van der Waals surface area contributed by atoms with E-state index in [1.165, 1.54) is 0 Å².